The van der Waals surface area contributed by atoms with Crippen molar-refractivity contribution in [2.75, 3.05) is 38.2 Å². The lowest BCUT2D eigenvalue weighted by atomic mass is 10.1. The van der Waals surface area contributed by atoms with Crippen LogP contribution in [0.1, 0.15) is 19.8 Å². The third kappa shape index (κ3) is 4.43. The van der Waals surface area contributed by atoms with Gasteiger partial charge in [0.05, 0.1) is 13.0 Å². The van der Waals surface area contributed by atoms with Gasteiger partial charge in [0.25, 0.3) is 0 Å². The number of nitrogens with zero attached hydrogens (tertiary/aromatic N) is 1. The van der Waals surface area contributed by atoms with Crippen molar-refractivity contribution in [2.45, 2.75) is 19.8 Å². The maximum atomic E-state index is 11.3. The molecule has 1 rings (SSSR count). The molecule has 0 saturated carbocycles. The Morgan fingerprint density at radius 1 is 1.60 bits per heavy atom. The zero-order valence-electron chi connectivity index (χ0n) is 9.70. The van der Waals surface area contributed by atoms with Crippen LogP contribution in [0, 0.1) is 5.92 Å². The van der Waals surface area contributed by atoms with Crippen LogP contribution < -0.4 is 0 Å². The Hall–Kier alpha value is -0.220. The number of hydrogen-bond donors (Lipinski definition) is 0. The van der Waals surface area contributed by atoms with Gasteiger partial charge < -0.3 is 9.64 Å². The normalized spacial score (nSPS) is 21.9. The summed E-state index contributed by atoms with van der Waals surface area (Å²) in [6.07, 6.45) is 2.19. The standard InChI is InChI=1S/C11H21NO2S/c1-3-15-8-4-6-12-7-5-10(9-12)11(13)14-2/h10H,3-9H2,1-2H3. The van der Waals surface area contributed by atoms with Crippen LogP contribution in [-0.4, -0.2) is 49.1 Å². The molecule has 4 heteroatoms. The largest absolute Gasteiger partial charge is 0.469 e. The molecule has 1 aliphatic rings. The molecule has 1 unspecified atom stereocenters. The minimum absolute atomic E-state index is 0.0413. The highest BCUT2D eigenvalue weighted by atomic mass is 32.2. The number of ether oxygens (including phenoxy) is 1. The SMILES string of the molecule is CCSCCCN1CCC(C(=O)OC)C1. The number of rotatable bonds is 6. The van der Waals surface area contributed by atoms with Crippen LogP contribution in [0.25, 0.3) is 0 Å². The highest BCUT2D eigenvalue weighted by molar-refractivity contribution is 7.99. The number of esters is 1. The Bertz CT molecular complexity index is 199. The first-order valence-electron chi connectivity index (χ1n) is 5.65. The molecule has 1 aliphatic heterocycles. The third-order valence-corrected chi connectivity index (χ3v) is 3.76. The first kappa shape index (κ1) is 12.8. The molecule has 0 radical (unpaired) electrons. The summed E-state index contributed by atoms with van der Waals surface area (Å²) in [6, 6.07) is 0. The maximum Gasteiger partial charge on any atom is 0.310 e. The van der Waals surface area contributed by atoms with E-state index < -0.39 is 0 Å². The summed E-state index contributed by atoms with van der Waals surface area (Å²) in [7, 11) is 1.48. The van der Waals surface area contributed by atoms with E-state index in [0.29, 0.717) is 0 Å². The van der Waals surface area contributed by atoms with E-state index in [4.69, 9.17) is 4.74 Å². The third-order valence-electron chi connectivity index (χ3n) is 2.77. The summed E-state index contributed by atoms with van der Waals surface area (Å²) < 4.78 is 4.76. The van der Waals surface area contributed by atoms with Crippen LogP contribution in [-0.2, 0) is 9.53 Å². The average molecular weight is 231 g/mol. The molecule has 0 aromatic heterocycles. The molecule has 0 aliphatic carbocycles. The van der Waals surface area contributed by atoms with E-state index in [1.54, 1.807) is 0 Å². The van der Waals surface area contributed by atoms with Crippen LogP contribution in [0.5, 0.6) is 0 Å². The summed E-state index contributed by atoms with van der Waals surface area (Å²) in [5.74, 6) is 2.51. The van der Waals surface area contributed by atoms with Crippen LogP contribution in [0.15, 0.2) is 0 Å². The minimum Gasteiger partial charge on any atom is -0.469 e. The molecular formula is C11H21NO2S. The van der Waals surface area contributed by atoms with E-state index in [2.05, 4.69) is 11.8 Å². The highest BCUT2D eigenvalue weighted by Crippen LogP contribution is 2.17. The van der Waals surface area contributed by atoms with Crippen molar-refractivity contribution in [2.24, 2.45) is 5.92 Å². The van der Waals surface area contributed by atoms with Crippen molar-refractivity contribution in [1.29, 1.82) is 0 Å². The van der Waals surface area contributed by atoms with Gasteiger partial charge in [-0.2, -0.15) is 11.8 Å². The monoisotopic (exact) mass is 231 g/mol. The van der Waals surface area contributed by atoms with Gasteiger partial charge in [0, 0.05) is 6.54 Å². The van der Waals surface area contributed by atoms with Gasteiger partial charge >= 0.3 is 5.97 Å². The molecule has 3 nitrogen and oxygen atoms in total. The fourth-order valence-corrected chi connectivity index (χ4v) is 2.55. The van der Waals surface area contributed by atoms with Crippen LogP contribution in [0.2, 0.25) is 0 Å². The predicted molar refractivity (Wildman–Crippen MR) is 64.2 cm³/mol. The number of likely N-dealkylation sites (tertiary alicyclic amines) is 1. The molecule has 15 heavy (non-hydrogen) atoms. The molecule has 0 amide bonds. The van der Waals surface area contributed by atoms with Gasteiger partial charge in [-0.3, -0.25) is 4.79 Å². The molecule has 1 heterocycles. The van der Waals surface area contributed by atoms with Crippen molar-refractivity contribution in [3.05, 3.63) is 0 Å². The Balaban J connectivity index is 2.11. The number of methoxy groups -OCH3 is 1. The first-order valence-corrected chi connectivity index (χ1v) is 6.81. The van der Waals surface area contributed by atoms with Crippen molar-refractivity contribution in [3.63, 3.8) is 0 Å². The summed E-state index contributed by atoms with van der Waals surface area (Å²) in [4.78, 5) is 13.7. The van der Waals surface area contributed by atoms with E-state index in [-0.39, 0.29) is 11.9 Å². The molecule has 0 aromatic rings. The minimum atomic E-state index is -0.0413. The lowest BCUT2D eigenvalue weighted by molar-refractivity contribution is -0.144. The highest BCUT2D eigenvalue weighted by Gasteiger charge is 2.28. The second-order valence-corrected chi connectivity index (χ2v) is 5.25. The Kier molecular flexibility index (Phi) is 6.10. The van der Waals surface area contributed by atoms with E-state index in [0.717, 1.165) is 26.1 Å². The topological polar surface area (TPSA) is 29.5 Å². The lowest BCUT2D eigenvalue weighted by Crippen LogP contribution is -2.25. The van der Waals surface area contributed by atoms with E-state index in [9.17, 15) is 4.79 Å². The summed E-state index contributed by atoms with van der Waals surface area (Å²) in [5.41, 5.74) is 0. The summed E-state index contributed by atoms with van der Waals surface area (Å²) in [6.45, 7) is 5.26. The Morgan fingerprint density at radius 2 is 2.40 bits per heavy atom. The Labute approximate surface area is 96.5 Å². The van der Waals surface area contributed by atoms with Crippen molar-refractivity contribution < 1.29 is 9.53 Å². The quantitative estimate of drug-likeness (QED) is 0.513. The molecule has 0 aromatic carbocycles. The van der Waals surface area contributed by atoms with Crippen LogP contribution >= 0.6 is 11.8 Å². The second kappa shape index (κ2) is 7.12. The Morgan fingerprint density at radius 3 is 3.07 bits per heavy atom. The average Bonchev–Trinajstić information content (AvgIpc) is 2.72. The molecule has 1 fully saturated rings. The molecule has 0 bridgehead atoms. The zero-order valence-corrected chi connectivity index (χ0v) is 10.5. The van der Waals surface area contributed by atoms with Crippen molar-refractivity contribution >= 4 is 17.7 Å². The van der Waals surface area contributed by atoms with Crippen molar-refractivity contribution in [1.82, 2.24) is 4.90 Å². The van der Waals surface area contributed by atoms with Crippen molar-refractivity contribution in [3.8, 4) is 0 Å². The zero-order chi connectivity index (χ0) is 11.1. The van der Waals surface area contributed by atoms with E-state index >= 15 is 0 Å². The first-order chi connectivity index (χ1) is 7.27. The van der Waals surface area contributed by atoms with E-state index in [1.165, 1.54) is 25.0 Å². The van der Waals surface area contributed by atoms with Gasteiger partial charge in [0.1, 0.15) is 0 Å². The van der Waals surface area contributed by atoms with Gasteiger partial charge in [-0.05, 0) is 37.4 Å². The van der Waals surface area contributed by atoms with Crippen LogP contribution in [0.3, 0.4) is 0 Å². The lowest BCUT2D eigenvalue weighted by Gasteiger charge is -2.14. The number of thioether (sulfide) groups is 1. The van der Waals surface area contributed by atoms with Gasteiger partial charge in [-0.15, -0.1) is 0 Å². The number of hydrogen-bond acceptors (Lipinski definition) is 4. The van der Waals surface area contributed by atoms with Gasteiger partial charge in [0.15, 0.2) is 0 Å². The van der Waals surface area contributed by atoms with Gasteiger partial charge in [0.2, 0.25) is 0 Å². The molecule has 88 valence electrons. The van der Waals surface area contributed by atoms with Gasteiger partial charge in [-0.1, -0.05) is 6.92 Å². The fourth-order valence-electron chi connectivity index (χ4n) is 1.93. The molecule has 1 saturated heterocycles. The maximum absolute atomic E-state index is 11.3. The molecule has 0 spiro atoms. The van der Waals surface area contributed by atoms with Crippen LogP contribution in [0.4, 0.5) is 0 Å². The molecule has 1 atom stereocenters. The number of carbonyl (C=O) groups is 1. The van der Waals surface area contributed by atoms with Gasteiger partial charge in [-0.25, -0.2) is 0 Å². The molecule has 0 N–H and O–H groups in total. The second-order valence-electron chi connectivity index (χ2n) is 3.86. The fraction of sp³-hybridized carbons (Fsp3) is 0.909. The molecular weight excluding hydrogens is 210 g/mol. The number of carbonyl (C=O) groups excluding carboxylic acids is 1. The van der Waals surface area contributed by atoms with E-state index in [1.807, 2.05) is 11.8 Å². The predicted octanol–water partition coefficient (Wildman–Crippen LogP) is 1.62. The summed E-state index contributed by atoms with van der Waals surface area (Å²) >= 11 is 1.98. The smallest absolute Gasteiger partial charge is 0.310 e. The summed E-state index contributed by atoms with van der Waals surface area (Å²) in [5, 5.41) is 0.